The van der Waals surface area contributed by atoms with E-state index in [4.69, 9.17) is 5.11 Å². The van der Waals surface area contributed by atoms with Crippen molar-refractivity contribution in [2.24, 2.45) is 0 Å². The molecule has 0 atom stereocenters. The Morgan fingerprint density at radius 3 is 2.62 bits per heavy atom. The molecule has 2 rings (SSSR count). The summed E-state index contributed by atoms with van der Waals surface area (Å²) in [6.45, 7) is -1.08. The standard InChI is InChI=1S/C14H15F3N2O2/c15-14(16,17)9-19-11-6-2-1-5-10(11)18-12(19)7-3-4-8-13(20)21/h1-2,5-6H,3-4,7-9H2,(H,20,21). The van der Waals surface area contributed by atoms with Gasteiger partial charge in [0.05, 0.1) is 11.0 Å². The number of rotatable bonds is 6. The maximum atomic E-state index is 12.7. The number of carboxylic acid groups (broad SMARTS) is 1. The normalized spacial score (nSPS) is 12.0. The summed E-state index contributed by atoms with van der Waals surface area (Å²) in [5.41, 5.74) is 0.970. The van der Waals surface area contributed by atoms with Crippen LogP contribution in [0.2, 0.25) is 0 Å². The molecule has 0 amide bonds. The van der Waals surface area contributed by atoms with Crippen LogP contribution in [0.4, 0.5) is 13.2 Å². The zero-order valence-corrected chi connectivity index (χ0v) is 11.2. The lowest BCUT2D eigenvalue weighted by Crippen LogP contribution is -2.19. The van der Waals surface area contributed by atoms with E-state index in [0.29, 0.717) is 36.1 Å². The highest BCUT2D eigenvalue weighted by atomic mass is 19.4. The van der Waals surface area contributed by atoms with Gasteiger partial charge in [0, 0.05) is 12.8 Å². The van der Waals surface area contributed by atoms with E-state index in [1.165, 1.54) is 0 Å². The maximum Gasteiger partial charge on any atom is 0.406 e. The van der Waals surface area contributed by atoms with Crippen molar-refractivity contribution in [2.75, 3.05) is 0 Å². The van der Waals surface area contributed by atoms with E-state index in [2.05, 4.69) is 4.98 Å². The van der Waals surface area contributed by atoms with Gasteiger partial charge in [-0.1, -0.05) is 12.1 Å². The van der Waals surface area contributed by atoms with Gasteiger partial charge in [-0.15, -0.1) is 0 Å². The summed E-state index contributed by atoms with van der Waals surface area (Å²) in [6, 6.07) is 6.67. The summed E-state index contributed by atoms with van der Waals surface area (Å²) in [4.78, 5) is 14.7. The fourth-order valence-electron chi connectivity index (χ4n) is 2.23. The number of hydrogen-bond donors (Lipinski definition) is 1. The third-order valence-corrected chi connectivity index (χ3v) is 3.11. The predicted molar refractivity (Wildman–Crippen MR) is 71.0 cm³/mol. The molecular formula is C14H15F3N2O2. The second kappa shape index (κ2) is 6.15. The summed E-state index contributed by atoms with van der Waals surface area (Å²) in [5, 5.41) is 8.56. The molecule has 1 heterocycles. The number of fused-ring (bicyclic) bond motifs is 1. The second-order valence-corrected chi connectivity index (χ2v) is 4.82. The number of unbranched alkanes of at least 4 members (excludes halogenated alkanes) is 1. The van der Waals surface area contributed by atoms with Crippen LogP contribution in [0, 0.1) is 0 Å². The van der Waals surface area contributed by atoms with Gasteiger partial charge < -0.3 is 9.67 Å². The lowest BCUT2D eigenvalue weighted by Gasteiger charge is -2.11. The first-order valence-corrected chi connectivity index (χ1v) is 6.59. The van der Waals surface area contributed by atoms with Crippen molar-refractivity contribution in [3.63, 3.8) is 0 Å². The van der Waals surface area contributed by atoms with Crippen molar-refractivity contribution in [1.82, 2.24) is 9.55 Å². The van der Waals surface area contributed by atoms with Crippen LogP contribution in [-0.2, 0) is 17.8 Å². The highest BCUT2D eigenvalue weighted by molar-refractivity contribution is 5.75. The van der Waals surface area contributed by atoms with E-state index in [1.807, 2.05) is 0 Å². The first-order chi connectivity index (χ1) is 9.87. The molecule has 0 saturated carbocycles. The van der Waals surface area contributed by atoms with Crippen molar-refractivity contribution in [2.45, 2.75) is 38.4 Å². The second-order valence-electron chi connectivity index (χ2n) is 4.82. The molecule has 0 radical (unpaired) electrons. The minimum Gasteiger partial charge on any atom is -0.481 e. The van der Waals surface area contributed by atoms with Crippen molar-refractivity contribution in [3.8, 4) is 0 Å². The Hall–Kier alpha value is -2.05. The van der Waals surface area contributed by atoms with Crippen LogP contribution in [0.25, 0.3) is 11.0 Å². The topological polar surface area (TPSA) is 55.1 Å². The Morgan fingerprint density at radius 2 is 1.95 bits per heavy atom. The van der Waals surface area contributed by atoms with Gasteiger partial charge >= 0.3 is 12.1 Å². The van der Waals surface area contributed by atoms with Gasteiger partial charge in [-0.05, 0) is 25.0 Å². The molecule has 0 fully saturated rings. The first kappa shape index (κ1) is 15.3. The average molecular weight is 300 g/mol. The number of imidazole rings is 1. The summed E-state index contributed by atoms with van der Waals surface area (Å²) in [7, 11) is 0. The zero-order valence-electron chi connectivity index (χ0n) is 11.2. The van der Waals surface area contributed by atoms with Gasteiger partial charge in [0.25, 0.3) is 0 Å². The number of para-hydroxylation sites is 2. The van der Waals surface area contributed by atoms with Crippen molar-refractivity contribution >= 4 is 17.0 Å². The van der Waals surface area contributed by atoms with Crippen LogP contribution in [0.3, 0.4) is 0 Å². The van der Waals surface area contributed by atoms with Gasteiger partial charge in [0.2, 0.25) is 0 Å². The molecule has 7 heteroatoms. The Morgan fingerprint density at radius 1 is 1.24 bits per heavy atom. The van der Waals surface area contributed by atoms with E-state index < -0.39 is 18.7 Å². The van der Waals surface area contributed by atoms with Crippen LogP contribution >= 0.6 is 0 Å². The van der Waals surface area contributed by atoms with E-state index >= 15 is 0 Å². The number of carboxylic acids is 1. The fourth-order valence-corrected chi connectivity index (χ4v) is 2.23. The summed E-state index contributed by atoms with van der Waals surface area (Å²) in [6.07, 6.45) is -3.06. The molecule has 1 aromatic carbocycles. The van der Waals surface area contributed by atoms with Crippen molar-refractivity contribution < 1.29 is 23.1 Å². The summed E-state index contributed by atoms with van der Waals surface area (Å²) in [5.74, 6) is -0.558. The van der Waals surface area contributed by atoms with E-state index in [1.54, 1.807) is 24.3 Å². The maximum absolute atomic E-state index is 12.7. The summed E-state index contributed by atoms with van der Waals surface area (Å²) >= 11 is 0. The molecule has 0 aliphatic carbocycles. The number of aliphatic carboxylic acids is 1. The molecule has 0 saturated heterocycles. The highest BCUT2D eigenvalue weighted by Crippen LogP contribution is 2.24. The Bertz CT molecular complexity index is 635. The molecule has 1 aromatic heterocycles. The first-order valence-electron chi connectivity index (χ1n) is 6.59. The minimum atomic E-state index is -4.32. The van der Waals surface area contributed by atoms with Crippen LogP contribution in [0.1, 0.15) is 25.1 Å². The van der Waals surface area contributed by atoms with Crippen molar-refractivity contribution in [1.29, 1.82) is 0 Å². The Balaban J connectivity index is 2.20. The van der Waals surface area contributed by atoms with Crippen LogP contribution in [0.15, 0.2) is 24.3 Å². The zero-order chi connectivity index (χ0) is 15.5. The van der Waals surface area contributed by atoms with Crippen molar-refractivity contribution in [3.05, 3.63) is 30.1 Å². The third-order valence-electron chi connectivity index (χ3n) is 3.11. The lowest BCUT2D eigenvalue weighted by molar-refractivity contribution is -0.140. The van der Waals surface area contributed by atoms with Gasteiger partial charge in [-0.25, -0.2) is 4.98 Å². The van der Waals surface area contributed by atoms with Gasteiger partial charge in [-0.3, -0.25) is 4.79 Å². The van der Waals surface area contributed by atoms with Crippen LogP contribution < -0.4 is 0 Å². The quantitative estimate of drug-likeness (QED) is 0.832. The van der Waals surface area contributed by atoms with E-state index in [9.17, 15) is 18.0 Å². The molecule has 1 N–H and O–H groups in total. The van der Waals surface area contributed by atoms with Gasteiger partial charge in [-0.2, -0.15) is 13.2 Å². The number of alkyl halides is 3. The molecule has 0 unspecified atom stereocenters. The number of aryl methyl sites for hydroxylation is 1. The number of aromatic nitrogens is 2. The number of hydrogen-bond acceptors (Lipinski definition) is 2. The number of halogens is 3. The molecule has 0 bridgehead atoms. The van der Waals surface area contributed by atoms with Gasteiger partial charge in [0.1, 0.15) is 12.4 Å². The van der Waals surface area contributed by atoms with E-state index in [-0.39, 0.29) is 6.42 Å². The molecular weight excluding hydrogens is 285 g/mol. The molecule has 0 spiro atoms. The Kier molecular flexibility index (Phi) is 4.50. The van der Waals surface area contributed by atoms with E-state index in [0.717, 1.165) is 4.57 Å². The lowest BCUT2D eigenvalue weighted by atomic mass is 10.2. The number of benzene rings is 1. The highest BCUT2D eigenvalue weighted by Gasteiger charge is 2.30. The summed E-state index contributed by atoms with van der Waals surface area (Å²) < 4.78 is 39.2. The predicted octanol–water partition coefficient (Wildman–Crippen LogP) is 3.40. The molecule has 0 aliphatic rings. The smallest absolute Gasteiger partial charge is 0.406 e. The molecule has 114 valence electrons. The molecule has 2 aromatic rings. The monoisotopic (exact) mass is 300 g/mol. The SMILES string of the molecule is O=C(O)CCCCc1nc2ccccc2n1CC(F)(F)F. The largest absolute Gasteiger partial charge is 0.481 e. The number of carbonyl (C=O) groups is 1. The average Bonchev–Trinajstić information content (AvgIpc) is 2.71. The van der Waals surface area contributed by atoms with Crippen LogP contribution in [0.5, 0.6) is 0 Å². The number of nitrogens with zero attached hydrogens (tertiary/aromatic N) is 2. The van der Waals surface area contributed by atoms with Crippen LogP contribution in [-0.4, -0.2) is 26.8 Å². The minimum absolute atomic E-state index is 0.0134. The van der Waals surface area contributed by atoms with Gasteiger partial charge in [0.15, 0.2) is 0 Å². The Labute approximate surface area is 119 Å². The molecule has 0 aliphatic heterocycles. The fraction of sp³-hybridized carbons (Fsp3) is 0.429. The third kappa shape index (κ3) is 4.21. The molecule has 21 heavy (non-hydrogen) atoms. The molecule has 4 nitrogen and oxygen atoms in total.